The second-order valence-electron chi connectivity index (χ2n) is 7.52. The fourth-order valence-electron chi connectivity index (χ4n) is 3.56. The highest BCUT2D eigenvalue weighted by molar-refractivity contribution is 9.10. The molecule has 1 aliphatic rings. The van der Waals surface area contributed by atoms with Crippen LogP contribution in [0.1, 0.15) is 19.4 Å². The molecular weight excluding hydrogens is 418 g/mol. The predicted octanol–water partition coefficient (Wildman–Crippen LogP) is 4.13. The minimum atomic E-state index is -0.0177. The number of nitrogens with one attached hydrogen (secondary N) is 1. The molecule has 0 radical (unpaired) electrons. The van der Waals surface area contributed by atoms with Crippen molar-refractivity contribution in [2.75, 3.05) is 36.9 Å². The van der Waals surface area contributed by atoms with Crippen molar-refractivity contribution >= 4 is 33.2 Å². The Morgan fingerprint density at radius 3 is 2.43 bits per heavy atom. The van der Waals surface area contributed by atoms with Crippen molar-refractivity contribution in [1.29, 1.82) is 0 Å². The van der Waals surface area contributed by atoms with E-state index in [4.69, 9.17) is 4.74 Å². The molecule has 2 unspecified atom stereocenters. The highest BCUT2D eigenvalue weighted by Crippen LogP contribution is 2.22. The van der Waals surface area contributed by atoms with E-state index in [2.05, 4.69) is 58.2 Å². The van der Waals surface area contributed by atoms with Crippen LogP contribution in [0.4, 0.5) is 11.4 Å². The van der Waals surface area contributed by atoms with Crippen LogP contribution in [0.15, 0.2) is 53.0 Å². The molecule has 6 heteroatoms. The number of hydrogen-bond acceptors (Lipinski definition) is 4. The van der Waals surface area contributed by atoms with E-state index in [-0.39, 0.29) is 18.1 Å². The zero-order valence-electron chi connectivity index (χ0n) is 16.7. The van der Waals surface area contributed by atoms with Crippen LogP contribution in [0.25, 0.3) is 0 Å². The van der Waals surface area contributed by atoms with Crippen LogP contribution in [0.2, 0.25) is 0 Å². The van der Waals surface area contributed by atoms with E-state index >= 15 is 0 Å². The number of morpholine rings is 1. The summed E-state index contributed by atoms with van der Waals surface area (Å²) >= 11 is 3.55. The van der Waals surface area contributed by atoms with E-state index in [0.29, 0.717) is 13.1 Å². The zero-order chi connectivity index (χ0) is 20.1. The molecule has 0 aliphatic carbocycles. The van der Waals surface area contributed by atoms with Gasteiger partial charge in [0.25, 0.3) is 0 Å². The van der Waals surface area contributed by atoms with Crippen LogP contribution in [-0.4, -0.2) is 49.7 Å². The van der Waals surface area contributed by atoms with Gasteiger partial charge in [0.05, 0.1) is 18.8 Å². The van der Waals surface area contributed by atoms with Crippen LogP contribution in [0.3, 0.4) is 0 Å². The van der Waals surface area contributed by atoms with Crippen molar-refractivity contribution < 1.29 is 9.53 Å². The molecule has 1 heterocycles. The molecule has 1 saturated heterocycles. The van der Waals surface area contributed by atoms with E-state index in [0.717, 1.165) is 34.5 Å². The summed E-state index contributed by atoms with van der Waals surface area (Å²) in [5, 5.41) is 2.99. The Morgan fingerprint density at radius 1 is 1.14 bits per heavy atom. The SMILES string of the molecule is CC1CN(c2ccc(NC(=O)CN(C)Cc3ccccc3Br)cc2)CC(C)O1. The molecule has 1 aliphatic heterocycles. The molecular formula is C22H28BrN3O2. The number of nitrogens with zero attached hydrogens (tertiary/aromatic N) is 2. The Balaban J connectivity index is 1.52. The third-order valence-corrected chi connectivity index (χ3v) is 5.52. The molecule has 1 amide bonds. The molecule has 2 atom stereocenters. The molecule has 1 fully saturated rings. The maximum Gasteiger partial charge on any atom is 0.238 e. The van der Waals surface area contributed by atoms with Crippen molar-refractivity contribution in [1.82, 2.24) is 4.90 Å². The number of halogens is 1. The number of hydrogen-bond donors (Lipinski definition) is 1. The van der Waals surface area contributed by atoms with Crippen LogP contribution in [-0.2, 0) is 16.1 Å². The summed E-state index contributed by atoms with van der Waals surface area (Å²) in [5.74, 6) is -0.0177. The summed E-state index contributed by atoms with van der Waals surface area (Å²) in [4.78, 5) is 16.7. The van der Waals surface area contributed by atoms with Gasteiger partial charge in [0.15, 0.2) is 0 Å². The van der Waals surface area contributed by atoms with E-state index < -0.39 is 0 Å². The molecule has 0 saturated carbocycles. The van der Waals surface area contributed by atoms with E-state index in [1.807, 2.05) is 42.3 Å². The van der Waals surface area contributed by atoms with Gasteiger partial charge in [0, 0.05) is 35.5 Å². The number of benzene rings is 2. The second-order valence-corrected chi connectivity index (χ2v) is 8.38. The summed E-state index contributed by atoms with van der Waals surface area (Å²) in [6.45, 7) is 7.01. The van der Waals surface area contributed by atoms with Crippen molar-refractivity contribution in [3.05, 3.63) is 58.6 Å². The Bertz CT molecular complexity index is 787. The quantitative estimate of drug-likeness (QED) is 0.725. The maximum absolute atomic E-state index is 12.4. The van der Waals surface area contributed by atoms with Gasteiger partial charge in [-0.15, -0.1) is 0 Å². The Morgan fingerprint density at radius 2 is 1.79 bits per heavy atom. The Labute approximate surface area is 175 Å². The number of amides is 1. The topological polar surface area (TPSA) is 44.8 Å². The summed E-state index contributed by atoms with van der Waals surface area (Å²) in [6.07, 6.45) is 0.451. The van der Waals surface area contributed by atoms with Crippen LogP contribution in [0, 0.1) is 0 Å². The first-order valence-electron chi connectivity index (χ1n) is 9.63. The highest BCUT2D eigenvalue weighted by atomic mass is 79.9. The van der Waals surface area contributed by atoms with Crippen molar-refractivity contribution in [3.63, 3.8) is 0 Å². The normalized spacial score (nSPS) is 19.7. The fourth-order valence-corrected chi connectivity index (χ4v) is 3.97. The largest absolute Gasteiger partial charge is 0.372 e. The lowest BCUT2D eigenvalue weighted by Gasteiger charge is -2.36. The van der Waals surface area contributed by atoms with Gasteiger partial charge in [-0.1, -0.05) is 34.1 Å². The van der Waals surface area contributed by atoms with Gasteiger partial charge in [-0.3, -0.25) is 9.69 Å². The molecule has 5 nitrogen and oxygen atoms in total. The van der Waals surface area contributed by atoms with Gasteiger partial charge in [-0.25, -0.2) is 0 Å². The minimum absolute atomic E-state index is 0.0177. The van der Waals surface area contributed by atoms with Gasteiger partial charge >= 0.3 is 0 Å². The van der Waals surface area contributed by atoms with Gasteiger partial charge in [0.1, 0.15) is 0 Å². The van der Waals surface area contributed by atoms with Gasteiger partial charge < -0.3 is 15.0 Å². The lowest BCUT2D eigenvalue weighted by atomic mass is 10.2. The number of carbonyl (C=O) groups excluding carboxylic acids is 1. The smallest absolute Gasteiger partial charge is 0.238 e. The molecule has 0 aromatic heterocycles. The molecule has 2 aromatic rings. The number of carbonyl (C=O) groups is 1. The Hall–Kier alpha value is -1.89. The third-order valence-electron chi connectivity index (χ3n) is 4.75. The average molecular weight is 446 g/mol. The van der Waals surface area contributed by atoms with Crippen molar-refractivity contribution in [2.24, 2.45) is 0 Å². The first-order chi connectivity index (χ1) is 13.4. The van der Waals surface area contributed by atoms with Gasteiger partial charge in [-0.05, 0) is 56.8 Å². The first-order valence-corrected chi connectivity index (χ1v) is 10.4. The highest BCUT2D eigenvalue weighted by Gasteiger charge is 2.22. The standard InChI is InChI=1S/C22H28BrN3O2/c1-16-12-26(13-17(2)28-16)20-10-8-19(9-11-20)24-22(27)15-25(3)14-18-6-4-5-7-21(18)23/h4-11,16-17H,12-15H2,1-3H3,(H,24,27). The molecule has 3 rings (SSSR count). The maximum atomic E-state index is 12.4. The molecule has 1 N–H and O–H groups in total. The van der Waals surface area contributed by atoms with E-state index in [1.54, 1.807) is 0 Å². The van der Waals surface area contributed by atoms with Crippen LogP contribution >= 0.6 is 15.9 Å². The number of ether oxygens (including phenoxy) is 1. The van der Waals surface area contributed by atoms with Crippen molar-refractivity contribution in [2.45, 2.75) is 32.6 Å². The lowest BCUT2D eigenvalue weighted by Crippen LogP contribution is -2.45. The zero-order valence-corrected chi connectivity index (χ0v) is 18.3. The monoisotopic (exact) mass is 445 g/mol. The number of rotatable bonds is 6. The summed E-state index contributed by atoms with van der Waals surface area (Å²) in [6, 6.07) is 16.1. The molecule has 28 heavy (non-hydrogen) atoms. The van der Waals surface area contributed by atoms with Gasteiger partial charge in [0.2, 0.25) is 5.91 Å². The second kappa shape index (κ2) is 9.54. The summed E-state index contributed by atoms with van der Waals surface area (Å²) < 4.78 is 6.85. The predicted molar refractivity (Wildman–Crippen MR) is 118 cm³/mol. The molecule has 2 aromatic carbocycles. The average Bonchev–Trinajstić information content (AvgIpc) is 2.63. The molecule has 150 valence electrons. The first kappa shape index (κ1) is 20.8. The minimum Gasteiger partial charge on any atom is -0.372 e. The molecule has 0 bridgehead atoms. The summed E-state index contributed by atoms with van der Waals surface area (Å²) in [5.41, 5.74) is 3.14. The number of likely N-dealkylation sites (N-methyl/N-ethyl adjacent to an activating group) is 1. The fraction of sp³-hybridized carbons (Fsp3) is 0.409. The Kier molecular flexibility index (Phi) is 7.10. The summed E-state index contributed by atoms with van der Waals surface area (Å²) in [7, 11) is 1.95. The number of anilines is 2. The third kappa shape index (κ3) is 5.80. The van der Waals surface area contributed by atoms with Crippen LogP contribution in [0.5, 0.6) is 0 Å². The van der Waals surface area contributed by atoms with Crippen LogP contribution < -0.4 is 10.2 Å². The van der Waals surface area contributed by atoms with E-state index in [1.165, 1.54) is 0 Å². The van der Waals surface area contributed by atoms with Gasteiger partial charge in [-0.2, -0.15) is 0 Å². The lowest BCUT2D eigenvalue weighted by molar-refractivity contribution is -0.117. The van der Waals surface area contributed by atoms with E-state index in [9.17, 15) is 4.79 Å². The molecule has 0 spiro atoms. The van der Waals surface area contributed by atoms with Crippen molar-refractivity contribution in [3.8, 4) is 0 Å².